The summed E-state index contributed by atoms with van der Waals surface area (Å²) < 4.78 is 7.67. The zero-order chi connectivity index (χ0) is 16.4. The topological polar surface area (TPSA) is 58.9 Å². The average molecular weight is 316 g/mol. The Balaban J connectivity index is 1.75. The summed E-state index contributed by atoms with van der Waals surface area (Å²) in [6.45, 7) is 9.40. The predicted molar refractivity (Wildman–Crippen MR) is 88.7 cm³/mol. The molecule has 0 aliphatic carbocycles. The summed E-state index contributed by atoms with van der Waals surface area (Å²) in [5.74, 6) is -0.138. The molecule has 3 heterocycles. The van der Waals surface area contributed by atoms with Crippen molar-refractivity contribution in [3.8, 4) is 0 Å². The van der Waals surface area contributed by atoms with Gasteiger partial charge in [-0.05, 0) is 32.0 Å². The molecule has 1 saturated heterocycles. The SMILES string of the molecule is CCO[C@H]1CN(CC)C[C@@H]1NC(=O)c1cn2cccc(C)c2n1. The third-order valence-corrected chi connectivity index (χ3v) is 4.40. The second-order valence-electron chi connectivity index (χ2n) is 5.97. The van der Waals surface area contributed by atoms with Crippen LogP contribution in [-0.4, -0.2) is 58.6 Å². The molecular weight excluding hydrogens is 292 g/mol. The summed E-state index contributed by atoms with van der Waals surface area (Å²) in [5, 5.41) is 3.09. The van der Waals surface area contributed by atoms with Crippen LogP contribution in [0.15, 0.2) is 24.5 Å². The number of likely N-dealkylation sites (tertiary alicyclic amines) is 1. The first kappa shape index (κ1) is 16.0. The Morgan fingerprint density at radius 2 is 2.26 bits per heavy atom. The lowest BCUT2D eigenvalue weighted by Gasteiger charge is -2.19. The summed E-state index contributed by atoms with van der Waals surface area (Å²) in [7, 11) is 0. The number of aromatic nitrogens is 2. The number of carbonyl (C=O) groups excluding carboxylic acids is 1. The molecule has 124 valence electrons. The van der Waals surface area contributed by atoms with Crippen LogP contribution in [-0.2, 0) is 4.74 Å². The summed E-state index contributed by atoms with van der Waals surface area (Å²) in [6.07, 6.45) is 3.73. The van der Waals surface area contributed by atoms with Gasteiger partial charge in [0.2, 0.25) is 0 Å². The van der Waals surface area contributed by atoms with Crippen molar-refractivity contribution in [2.45, 2.75) is 32.9 Å². The van der Waals surface area contributed by atoms with E-state index in [-0.39, 0.29) is 18.1 Å². The summed E-state index contributed by atoms with van der Waals surface area (Å²) in [4.78, 5) is 19.3. The van der Waals surface area contributed by atoms with E-state index in [0.29, 0.717) is 12.3 Å². The van der Waals surface area contributed by atoms with E-state index < -0.39 is 0 Å². The third kappa shape index (κ3) is 3.23. The minimum Gasteiger partial charge on any atom is -0.375 e. The molecule has 1 aliphatic rings. The molecule has 1 fully saturated rings. The Kier molecular flexibility index (Phi) is 4.63. The molecule has 1 N–H and O–H groups in total. The van der Waals surface area contributed by atoms with Gasteiger partial charge in [-0.25, -0.2) is 4.98 Å². The molecule has 2 atom stereocenters. The van der Waals surface area contributed by atoms with Gasteiger partial charge in [0.15, 0.2) is 0 Å². The van der Waals surface area contributed by atoms with Gasteiger partial charge in [0.05, 0.1) is 12.1 Å². The van der Waals surface area contributed by atoms with Gasteiger partial charge in [0.1, 0.15) is 11.3 Å². The molecule has 0 bridgehead atoms. The number of pyridine rings is 1. The fourth-order valence-corrected chi connectivity index (χ4v) is 3.14. The van der Waals surface area contributed by atoms with Crippen LogP contribution in [0.2, 0.25) is 0 Å². The fourth-order valence-electron chi connectivity index (χ4n) is 3.14. The lowest BCUT2D eigenvalue weighted by Crippen LogP contribution is -2.44. The van der Waals surface area contributed by atoms with Crippen LogP contribution in [0.25, 0.3) is 5.65 Å². The second-order valence-corrected chi connectivity index (χ2v) is 5.97. The highest BCUT2D eigenvalue weighted by Crippen LogP contribution is 2.15. The van der Waals surface area contributed by atoms with Crippen molar-refractivity contribution in [2.24, 2.45) is 0 Å². The minimum absolute atomic E-state index is 0.00769. The van der Waals surface area contributed by atoms with Gasteiger partial charge in [-0.2, -0.15) is 0 Å². The molecule has 1 aliphatic heterocycles. The highest BCUT2D eigenvalue weighted by Gasteiger charge is 2.34. The number of rotatable bonds is 5. The molecule has 3 rings (SSSR count). The number of ether oxygens (including phenoxy) is 1. The Labute approximate surface area is 136 Å². The van der Waals surface area contributed by atoms with Gasteiger partial charge >= 0.3 is 0 Å². The van der Waals surface area contributed by atoms with Crippen molar-refractivity contribution >= 4 is 11.6 Å². The predicted octanol–water partition coefficient (Wildman–Crippen LogP) is 1.48. The van der Waals surface area contributed by atoms with Gasteiger partial charge in [-0.3, -0.25) is 9.69 Å². The van der Waals surface area contributed by atoms with Crippen LogP contribution < -0.4 is 5.32 Å². The van der Waals surface area contributed by atoms with E-state index in [1.54, 1.807) is 6.20 Å². The van der Waals surface area contributed by atoms with Crippen molar-refractivity contribution in [2.75, 3.05) is 26.2 Å². The number of nitrogens with zero attached hydrogens (tertiary/aromatic N) is 3. The molecule has 0 spiro atoms. The largest absolute Gasteiger partial charge is 0.375 e. The molecule has 0 aromatic carbocycles. The highest BCUT2D eigenvalue weighted by molar-refractivity contribution is 5.93. The van der Waals surface area contributed by atoms with E-state index in [0.717, 1.165) is 30.8 Å². The quantitative estimate of drug-likeness (QED) is 0.908. The second kappa shape index (κ2) is 6.68. The van der Waals surface area contributed by atoms with Crippen molar-refractivity contribution < 1.29 is 9.53 Å². The minimum atomic E-state index is -0.138. The molecule has 23 heavy (non-hydrogen) atoms. The van der Waals surface area contributed by atoms with Crippen LogP contribution in [0, 0.1) is 6.92 Å². The van der Waals surface area contributed by atoms with Crippen LogP contribution >= 0.6 is 0 Å². The monoisotopic (exact) mass is 316 g/mol. The normalized spacial score (nSPS) is 21.9. The third-order valence-electron chi connectivity index (χ3n) is 4.40. The van der Waals surface area contributed by atoms with E-state index in [4.69, 9.17) is 4.74 Å². The summed E-state index contributed by atoms with van der Waals surface area (Å²) in [6, 6.07) is 3.95. The maximum atomic E-state index is 12.6. The Morgan fingerprint density at radius 3 is 2.96 bits per heavy atom. The van der Waals surface area contributed by atoms with Gasteiger partial charge in [0, 0.05) is 32.1 Å². The first-order chi connectivity index (χ1) is 11.1. The number of hydrogen-bond acceptors (Lipinski definition) is 4. The molecule has 0 radical (unpaired) electrons. The van der Waals surface area contributed by atoms with E-state index >= 15 is 0 Å². The number of aryl methyl sites for hydroxylation is 1. The van der Waals surface area contributed by atoms with Crippen LogP contribution in [0.3, 0.4) is 0 Å². The van der Waals surface area contributed by atoms with Gasteiger partial charge in [-0.1, -0.05) is 13.0 Å². The molecule has 2 aromatic heterocycles. The van der Waals surface area contributed by atoms with Crippen LogP contribution in [0.1, 0.15) is 29.9 Å². The smallest absolute Gasteiger partial charge is 0.271 e. The molecule has 1 amide bonds. The average Bonchev–Trinajstić information content (AvgIpc) is 3.13. The van der Waals surface area contributed by atoms with Crippen LogP contribution in [0.4, 0.5) is 0 Å². The number of carbonyl (C=O) groups is 1. The maximum absolute atomic E-state index is 12.6. The molecule has 0 unspecified atom stereocenters. The van der Waals surface area contributed by atoms with E-state index in [1.165, 1.54) is 0 Å². The fraction of sp³-hybridized carbons (Fsp3) is 0.529. The summed E-state index contributed by atoms with van der Waals surface area (Å²) in [5.41, 5.74) is 2.32. The zero-order valence-corrected chi connectivity index (χ0v) is 14.0. The van der Waals surface area contributed by atoms with Crippen molar-refractivity contribution in [1.29, 1.82) is 0 Å². The Morgan fingerprint density at radius 1 is 1.43 bits per heavy atom. The number of fused-ring (bicyclic) bond motifs is 1. The lowest BCUT2D eigenvalue weighted by atomic mass is 10.2. The molecular formula is C17H24N4O2. The maximum Gasteiger partial charge on any atom is 0.271 e. The lowest BCUT2D eigenvalue weighted by molar-refractivity contribution is 0.0505. The van der Waals surface area contributed by atoms with Gasteiger partial charge < -0.3 is 14.5 Å². The van der Waals surface area contributed by atoms with E-state index in [2.05, 4.69) is 22.1 Å². The van der Waals surface area contributed by atoms with Gasteiger partial charge in [-0.15, -0.1) is 0 Å². The standard InChI is InChI=1S/C17H24N4O2/c1-4-20-9-13(15(11-20)23-5-2)19-17(22)14-10-21-8-6-7-12(3)16(21)18-14/h6-8,10,13,15H,4-5,9,11H2,1-3H3,(H,19,22)/t13-,15-/m0/s1. The zero-order valence-electron chi connectivity index (χ0n) is 14.0. The summed E-state index contributed by atoms with van der Waals surface area (Å²) >= 11 is 0. The van der Waals surface area contributed by atoms with E-state index in [1.807, 2.05) is 36.6 Å². The number of imidazole rings is 1. The first-order valence-electron chi connectivity index (χ1n) is 8.21. The highest BCUT2D eigenvalue weighted by atomic mass is 16.5. The molecule has 6 nitrogen and oxygen atoms in total. The van der Waals surface area contributed by atoms with Crippen molar-refractivity contribution in [3.05, 3.63) is 35.8 Å². The van der Waals surface area contributed by atoms with Crippen molar-refractivity contribution in [3.63, 3.8) is 0 Å². The number of nitrogens with one attached hydrogen (secondary N) is 1. The van der Waals surface area contributed by atoms with E-state index in [9.17, 15) is 4.79 Å². The molecule has 2 aromatic rings. The number of hydrogen-bond donors (Lipinski definition) is 1. The van der Waals surface area contributed by atoms with Crippen LogP contribution in [0.5, 0.6) is 0 Å². The van der Waals surface area contributed by atoms with Crippen molar-refractivity contribution in [1.82, 2.24) is 19.6 Å². The number of likely N-dealkylation sites (N-methyl/N-ethyl adjacent to an activating group) is 1. The Bertz CT molecular complexity index is 697. The van der Waals surface area contributed by atoms with Gasteiger partial charge in [0.25, 0.3) is 5.91 Å². The number of amides is 1. The Hall–Kier alpha value is -1.92. The first-order valence-corrected chi connectivity index (χ1v) is 8.21. The molecule has 6 heteroatoms. The molecule has 0 saturated carbocycles.